The van der Waals surface area contributed by atoms with Crippen LogP contribution in [0.3, 0.4) is 0 Å². The van der Waals surface area contributed by atoms with E-state index in [-0.39, 0.29) is 0 Å². The maximum atomic E-state index is 2.43. The second-order valence-corrected chi connectivity index (χ2v) is 15.7. The molecule has 0 atom stereocenters. The Morgan fingerprint density at radius 3 is 1.47 bits per heavy atom. The predicted octanol–water partition coefficient (Wildman–Crippen LogP) is 16.2. The van der Waals surface area contributed by atoms with E-state index in [0.29, 0.717) is 0 Å². The van der Waals surface area contributed by atoms with Crippen LogP contribution in [0.5, 0.6) is 0 Å². The highest BCUT2D eigenvalue weighted by Crippen LogP contribution is 2.41. The van der Waals surface area contributed by atoms with E-state index in [9.17, 15) is 0 Å². The summed E-state index contributed by atoms with van der Waals surface area (Å²) in [7, 11) is 0. The SMILES string of the molecule is c1ccc(N(c2ccc(-c3ccc4c(c3)c3ccccc3n4-c3ccc4c5ccccc5c5ccccc5c4c3)cc2)c2ccc(-c3cccc4ccccc34)cc2)cc1. The molecule has 0 unspecified atom stereocenters. The number of aromatic nitrogens is 1. The molecule has 2 heteroatoms. The van der Waals surface area contributed by atoms with Crippen molar-refractivity contribution in [3.8, 4) is 27.9 Å². The van der Waals surface area contributed by atoms with Crippen molar-refractivity contribution in [3.63, 3.8) is 0 Å². The molecule has 0 radical (unpaired) electrons. The normalized spacial score (nSPS) is 11.7. The Morgan fingerprint density at radius 2 is 0.767 bits per heavy atom. The minimum absolute atomic E-state index is 1.11. The fourth-order valence-corrected chi connectivity index (χ4v) is 9.56. The number of para-hydroxylation sites is 2. The third-order valence-electron chi connectivity index (χ3n) is 12.4. The average molecular weight is 763 g/mol. The van der Waals surface area contributed by atoms with E-state index in [4.69, 9.17) is 0 Å². The molecule has 1 heterocycles. The highest BCUT2D eigenvalue weighted by Gasteiger charge is 2.17. The fourth-order valence-electron chi connectivity index (χ4n) is 9.56. The monoisotopic (exact) mass is 762 g/mol. The second-order valence-electron chi connectivity index (χ2n) is 15.7. The Morgan fingerprint density at radius 1 is 0.267 bits per heavy atom. The van der Waals surface area contributed by atoms with Crippen molar-refractivity contribution in [2.45, 2.75) is 0 Å². The lowest BCUT2D eigenvalue weighted by molar-refractivity contribution is 1.19. The number of benzene rings is 11. The summed E-state index contributed by atoms with van der Waals surface area (Å²) < 4.78 is 2.43. The minimum Gasteiger partial charge on any atom is -0.311 e. The van der Waals surface area contributed by atoms with E-state index in [2.05, 4.69) is 240 Å². The zero-order valence-corrected chi connectivity index (χ0v) is 32.8. The van der Waals surface area contributed by atoms with E-state index in [1.807, 2.05) is 0 Å². The summed E-state index contributed by atoms with van der Waals surface area (Å²) in [6.45, 7) is 0. The van der Waals surface area contributed by atoms with Crippen LogP contribution in [-0.2, 0) is 0 Å². The molecule has 1 aromatic heterocycles. The molecule has 12 rings (SSSR count). The van der Waals surface area contributed by atoms with Gasteiger partial charge in [0, 0.05) is 33.5 Å². The molecular weight excluding hydrogens is 725 g/mol. The molecule has 60 heavy (non-hydrogen) atoms. The predicted molar refractivity (Wildman–Crippen MR) is 256 cm³/mol. The van der Waals surface area contributed by atoms with E-state index >= 15 is 0 Å². The van der Waals surface area contributed by atoms with Gasteiger partial charge in [-0.05, 0) is 132 Å². The molecule has 2 nitrogen and oxygen atoms in total. The zero-order valence-electron chi connectivity index (χ0n) is 32.8. The Labute approximate surface area is 348 Å². The number of rotatable bonds is 6. The largest absolute Gasteiger partial charge is 0.311 e. The van der Waals surface area contributed by atoms with Crippen LogP contribution >= 0.6 is 0 Å². The smallest absolute Gasteiger partial charge is 0.0541 e. The molecule has 0 fully saturated rings. The van der Waals surface area contributed by atoms with Crippen molar-refractivity contribution < 1.29 is 0 Å². The first kappa shape index (κ1) is 34.1. The minimum atomic E-state index is 1.11. The Bertz CT molecular complexity index is 3540. The summed E-state index contributed by atoms with van der Waals surface area (Å²) in [5, 5.41) is 12.7. The van der Waals surface area contributed by atoms with E-state index in [1.54, 1.807) is 0 Å². The first-order valence-corrected chi connectivity index (χ1v) is 20.7. The Hall–Kier alpha value is -7.94. The van der Waals surface area contributed by atoms with Crippen LogP contribution in [0.1, 0.15) is 0 Å². The molecule has 0 aliphatic rings. The Kier molecular flexibility index (Phi) is 7.89. The van der Waals surface area contributed by atoms with Crippen molar-refractivity contribution in [2.75, 3.05) is 4.90 Å². The van der Waals surface area contributed by atoms with Gasteiger partial charge in [0.15, 0.2) is 0 Å². The number of nitrogens with zero attached hydrogens (tertiary/aromatic N) is 2. The number of anilines is 3. The van der Waals surface area contributed by atoms with Crippen molar-refractivity contribution in [3.05, 3.63) is 231 Å². The second kappa shape index (κ2) is 13.9. The molecule has 0 bridgehead atoms. The molecule has 0 spiro atoms. The molecule has 0 N–H and O–H groups in total. The van der Waals surface area contributed by atoms with E-state index < -0.39 is 0 Å². The van der Waals surface area contributed by atoms with Gasteiger partial charge in [-0.3, -0.25) is 0 Å². The molecule has 12 aromatic rings. The average Bonchev–Trinajstić information content (AvgIpc) is 3.66. The molecular formula is C58H38N2. The fraction of sp³-hybridized carbons (Fsp3) is 0. The van der Waals surface area contributed by atoms with Crippen LogP contribution in [0.2, 0.25) is 0 Å². The van der Waals surface area contributed by atoms with Gasteiger partial charge in [-0.2, -0.15) is 0 Å². The van der Waals surface area contributed by atoms with Crippen LogP contribution in [0.4, 0.5) is 17.1 Å². The van der Waals surface area contributed by atoms with Crippen LogP contribution in [0, 0.1) is 0 Å². The quantitative estimate of drug-likeness (QED) is 0.153. The summed E-state index contributed by atoms with van der Waals surface area (Å²) >= 11 is 0. The van der Waals surface area contributed by atoms with Crippen molar-refractivity contribution in [1.29, 1.82) is 0 Å². The molecule has 0 saturated heterocycles. The lowest BCUT2D eigenvalue weighted by atomic mass is 9.94. The lowest BCUT2D eigenvalue weighted by Crippen LogP contribution is -2.09. The van der Waals surface area contributed by atoms with Crippen LogP contribution < -0.4 is 4.90 Å². The van der Waals surface area contributed by atoms with Crippen LogP contribution in [0.15, 0.2) is 231 Å². The summed E-state index contributed by atoms with van der Waals surface area (Å²) in [5.41, 5.74) is 11.7. The highest BCUT2D eigenvalue weighted by atomic mass is 15.1. The van der Waals surface area contributed by atoms with Gasteiger partial charge in [0.05, 0.1) is 11.0 Å². The van der Waals surface area contributed by atoms with Gasteiger partial charge in [-0.1, -0.05) is 164 Å². The van der Waals surface area contributed by atoms with Gasteiger partial charge >= 0.3 is 0 Å². The third kappa shape index (κ3) is 5.50. The van der Waals surface area contributed by atoms with Crippen molar-refractivity contribution >= 4 is 82.0 Å². The van der Waals surface area contributed by atoms with Crippen molar-refractivity contribution in [2.24, 2.45) is 0 Å². The molecule has 0 aliphatic carbocycles. The Balaban J connectivity index is 0.932. The van der Waals surface area contributed by atoms with Gasteiger partial charge in [-0.25, -0.2) is 0 Å². The molecule has 280 valence electrons. The van der Waals surface area contributed by atoms with E-state index in [1.165, 1.54) is 87.1 Å². The lowest BCUT2D eigenvalue weighted by Gasteiger charge is -2.26. The van der Waals surface area contributed by atoms with Gasteiger partial charge in [-0.15, -0.1) is 0 Å². The molecule has 0 amide bonds. The van der Waals surface area contributed by atoms with Crippen LogP contribution in [0.25, 0.3) is 92.8 Å². The number of hydrogen-bond donors (Lipinski definition) is 0. The maximum absolute atomic E-state index is 2.43. The van der Waals surface area contributed by atoms with Crippen molar-refractivity contribution in [1.82, 2.24) is 4.57 Å². The summed E-state index contributed by atoms with van der Waals surface area (Å²) in [6.07, 6.45) is 0. The van der Waals surface area contributed by atoms with Gasteiger partial charge in [0.1, 0.15) is 0 Å². The highest BCUT2D eigenvalue weighted by molar-refractivity contribution is 6.25. The van der Waals surface area contributed by atoms with Crippen LogP contribution in [-0.4, -0.2) is 4.57 Å². The van der Waals surface area contributed by atoms with E-state index in [0.717, 1.165) is 22.7 Å². The third-order valence-corrected chi connectivity index (χ3v) is 12.4. The summed E-state index contributed by atoms with van der Waals surface area (Å²) in [5.74, 6) is 0. The summed E-state index contributed by atoms with van der Waals surface area (Å²) in [4.78, 5) is 2.34. The number of hydrogen-bond acceptors (Lipinski definition) is 1. The first-order chi connectivity index (χ1) is 29.8. The number of fused-ring (bicyclic) bond motifs is 10. The molecule has 0 saturated carbocycles. The maximum Gasteiger partial charge on any atom is 0.0541 e. The zero-order chi connectivity index (χ0) is 39.6. The summed E-state index contributed by atoms with van der Waals surface area (Å²) in [6, 6.07) is 84.1. The van der Waals surface area contributed by atoms with Gasteiger partial charge in [0.2, 0.25) is 0 Å². The van der Waals surface area contributed by atoms with Gasteiger partial charge in [0.25, 0.3) is 0 Å². The standard InChI is InChI=1S/C58H38N2/c1-2-15-43(16-3-1)59(45-32-27-41(28-33-45)48-23-12-14-40-13-4-5-17-47(40)48)44-30-25-39(26-31-44)42-29-36-58-56(37-42)54-22-10-11-24-57(54)60(58)46-34-35-53-51-20-7-6-18-49(51)50-19-8-9-21-52(50)55(53)38-46/h1-38H. The molecule has 11 aromatic carbocycles. The molecule has 0 aliphatic heterocycles. The first-order valence-electron chi connectivity index (χ1n) is 20.7. The topological polar surface area (TPSA) is 8.17 Å². The van der Waals surface area contributed by atoms with Gasteiger partial charge < -0.3 is 9.47 Å².